The van der Waals surface area contributed by atoms with Gasteiger partial charge < -0.3 is 9.80 Å². The number of nitrogens with zero attached hydrogens (tertiary/aromatic N) is 2. The summed E-state index contributed by atoms with van der Waals surface area (Å²) in [6.07, 6.45) is 12.3. The van der Waals surface area contributed by atoms with E-state index in [1.165, 1.54) is 66.7 Å². The van der Waals surface area contributed by atoms with Crippen molar-refractivity contribution in [3.05, 3.63) is 433 Å². The number of hydrogen-bond acceptors (Lipinski definition) is 2. The summed E-state index contributed by atoms with van der Waals surface area (Å²) in [5.41, 5.74) is 26.6. The molecular weight excluding hydrogens is 1160 g/mol. The van der Waals surface area contributed by atoms with Crippen LogP contribution in [0.5, 0.6) is 0 Å². The molecule has 4 unspecified atom stereocenters. The Bertz CT molecular complexity index is 5250. The van der Waals surface area contributed by atoms with Gasteiger partial charge in [-0.1, -0.05) is 352 Å². The van der Waals surface area contributed by atoms with Crippen LogP contribution in [0.15, 0.2) is 400 Å². The van der Waals surface area contributed by atoms with Crippen LogP contribution in [0, 0.1) is 11.8 Å². The normalized spacial score (nSPS) is 17.8. The third kappa shape index (κ3) is 8.65. The average molecular weight is 1220 g/mol. The number of rotatable bonds is 13. The molecule has 2 heteroatoms. The molecular formula is C94H66N2. The fourth-order valence-corrected chi connectivity index (χ4v) is 17.2. The summed E-state index contributed by atoms with van der Waals surface area (Å²) in [4.78, 5) is 5.25. The molecule has 0 aromatic heterocycles. The van der Waals surface area contributed by atoms with Crippen molar-refractivity contribution < 1.29 is 0 Å². The minimum atomic E-state index is -0.978. The van der Waals surface area contributed by atoms with E-state index in [1.807, 2.05) is 0 Å². The quantitative estimate of drug-likeness (QED) is 0.114. The van der Waals surface area contributed by atoms with Gasteiger partial charge in [0.2, 0.25) is 0 Å². The zero-order valence-corrected chi connectivity index (χ0v) is 53.0. The van der Waals surface area contributed by atoms with Gasteiger partial charge >= 0.3 is 0 Å². The summed E-state index contributed by atoms with van der Waals surface area (Å²) in [5.74, 6) is -0.141. The van der Waals surface area contributed by atoms with Gasteiger partial charge in [-0.2, -0.15) is 0 Å². The fourth-order valence-electron chi connectivity index (χ4n) is 17.2. The zero-order valence-electron chi connectivity index (χ0n) is 53.0. The molecule has 0 heterocycles. The molecule has 452 valence electrons. The van der Waals surface area contributed by atoms with Gasteiger partial charge in [0.1, 0.15) is 0 Å². The van der Waals surface area contributed by atoms with Crippen molar-refractivity contribution in [2.24, 2.45) is 11.8 Å². The summed E-state index contributed by atoms with van der Waals surface area (Å²) in [7, 11) is 0. The number of benzene rings is 14. The first kappa shape index (κ1) is 56.6. The van der Waals surface area contributed by atoms with E-state index >= 15 is 0 Å². The van der Waals surface area contributed by atoms with Crippen LogP contribution in [-0.4, -0.2) is 0 Å². The van der Waals surface area contributed by atoms with E-state index in [0.717, 1.165) is 78.3 Å². The van der Waals surface area contributed by atoms with Gasteiger partial charge in [0.25, 0.3) is 0 Å². The molecule has 14 aromatic rings. The molecule has 4 aliphatic rings. The highest BCUT2D eigenvalue weighted by atomic mass is 15.2. The smallest absolute Gasteiger partial charge is 0.0642 e. The Kier molecular flexibility index (Phi) is 13.9. The molecule has 0 amide bonds. The first-order valence-electron chi connectivity index (χ1n) is 33.6. The summed E-state index contributed by atoms with van der Waals surface area (Å²) < 4.78 is 0. The molecule has 0 saturated heterocycles. The minimum Gasteiger partial charge on any atom is -0.312 e. The van der Waals surface area contributed by atoms with Gasteiger partial charge in [-0.05, 0) is 120 Å². The van der Waals surface area contributed by atoms with Crippen molar-refractivity contribution in [1.29, 1.82) is 0 Å². The van der Waals surface area contributed by atoms with Crippen molar-refractivity contribution >= 4 is 44.8 Å². The molecule has 0 bridgehead atoms. The van der Waals surface area contributed by atoms with E-state index in [-0.39, 0.29) is 11.8 Å². The van der Waals surface area contributed by atoms with E-state index < -0.39 is 10.8 Å². The van der Waals surface area contributed by atoms with Crippen molar-refractivity contribution in [2.45, 2.75) is 10.8 Å². The van der Waals surface area contributed by atoms with Gasteiger partial charge in [-0.3, -0.25) is 0 Å². The van der Waals surface area contributed by atoms with Crippen molar-refractivity contribution in [3.63, 3.8) is 0 Å². The maximum Gasteiger partial charge on any atom is 0.0642 e. The second-order valence-corrected chi connectivity index (χ2v) is 25.6. The highest BCUT2D eigenvalue weighted by Gasteiger charge is 2.66. The van der Waals surface area contributed by atoms with Crippen LogP contribution in [0.1, 0.15) is 33.4 Å². The lowest BCUT2D eigenvalue weighted by Crippen LogP contribution is -2.51. The largest absolute Gasteiger partial charge is 0.312 e. The Labute approximate surface area is 562 Å². The molecule has 0 saturated carbocycles. The average Bonchev–Trinajstić information content (AvgIpc) is 1.50. The second-order valence-electron chi connectivity index (χ2n) is 25.6. The molecule has 18 rings (SSSR count). The van der Waals surface area contributed by atoms with E-state index in [9.17, 15) is 0 Å². The highest BCUT2D eigenvalue weighted by Crippen LogP contribution is 2.73. The van der Waals surface area contributed by atoms with Gasteiger partial charge in [0, 0.05) is 45.2 Å². The molecule has 4 atom stereocenters. The second kappa shape index (κ2) is 23.5. The van der Waals surface area contributed by atoms with E-state index in [2.05, 4.69) is 398 Å². The Morgan fingerprint density at radius 3 is 1.06 bits per heavy atom. The van der Waals surface area contributed by atoms with E-state index in [4.69, 9.17) is 0 Å². The summed E-state index contributed by atoms with van der Waals surface area (Å²) in [6.45, 7) is 0. The molecule has 2 nitrogen and oxygen atoms in total. The Hall–Kier alpha value is -12.1. The fraction of sp³-hybridized carbons (Fsp3) is 0.0426. The van der Waals surface area contributed by atoms with E-state index in [1.54, 1.807) is 0 Å². The third-order valence-electron chi connectivity index (χ3n) is 20.8. The topological polar surface area (TPSA) is 6.48 Å². The Morgan fingerprint density at radius 1 is 0.250 bits per heavy atom. The monoisotopic (exact) mass is 1220 g/mol. The minimum absolute atomic E-state index is 0.0671. The van der Waals surface area contributed by atoms with Crippen LogP contribution in [-0.2, 0) is 10.8 Å². The Balaban J connectivity index is 1.02. The summed E-state index contributed by atoms with van der Waals surface area (Å²) in [6, 6.07) is 134. The summed E-state index contributed by atoms with van der Waals surface area (Å²) >= 11 is 0. The number of hydrogen-bond donors (Lipinski definition) is 0. The van der Waals surface area contributed by atoms with Gasteiger partial charge in [0.05, 0.1) is 39.3 Å². The SMILES string of the molecule is C1=CC2C(N(c3ccccc3-c3ccccc3)c3ccccc3-c3ccccc3)=CC3=C(c4ccccc4C3(c3ccccc3)C3(c4ccccc4)c4ccccc4-c4c3cc(N(c3ccccc3-c3ccccc3)c3ccccc3-c3ccccc3)c3ccccc43)C2C=C1. The lowest BCUT2D eigenvalue weighted by Gasteiger charge is -2.52. The molecule has 4 aliphatic carbocycles. The number of para-hydroxylation sites is 4. The van der Waals surface area contributed by atoms with Crippen LogP contribution < -0.4 is 9.80 Å². The molecule has 96 heavy (non-hydrogen) atoms. The molecule has 0 aliphatic heterocycles. The van der Waals surface area contributed by atoms with Crippen LogP contribution in [0.2, 0.25) is 0 Å². The predicted octanol–water partition coefficient (Wildman–Crippen LogP) is 24.1. The van der Waals surface area contributed by atoms with Crippen LogP contribution >= 0.6 is 0 Å². The standard InChI is InChI=1S/C94H66N2/c1-7-35-65(36-8-1)71-47-25-31-59-85(71)95(86-60-32-26-48-72(86)66-37-9-2-10-38-66)89-63-83-91(77-53-21-19-51-75(77)89)79-55-23-29-57-81(79)93(83,69-43-15-5-16-44-69)94(70-45-17-6-18-46-70)82-58-30-24-56-80(82)92-78-54-22-20-52-76(78)90(64-84(92)94)96(87-61-33-27-49-73(87)67-39-11-3-12-40-67)88-62-34-28-50-74(88)68-41-13-4-14-42-68/h1-64,75,77H. The molecule has 0 N–H and O–H groups in total. The van der Waals surface area contributed by atoms with Crippen LogP contribution in [0.4, 0.5) is 28.4 Å². The number of allylic oxidation sites excluding steroid dienone is 7. The van der Waals surface area contributed by atoms with Gasteiger partial charge in [-0.15, -0.1) is 0 Å². The molecule has 14 aromatic carbocycles. The van der Waals surface area contributed by atoms with Gasteiger partial charge in [-0.25, -0.2) is 0 Å². The van der Waals surface area contributed by atoms with Crippen molar-refractivity contribution in [3.8, 4) is 55.6 Å². The summed E-state index contributed by atoms with van der Waals surface area (Å²) in [5, 5.41) is 2.35. The van der Waals surface area contributed by atoms with Crippen molar-refractivity contribution in [1.82, 2.24) is 0 Å². The first-order valence-corrected chi connectivity index (χ1v) is 33.6. The van der Waals surface area contributed by atoms with Crippen LogP contribution in [0.25, 0.3) is 72.0 Å². The maximum absolute atomic E-state index is 2.70. The zero-order chi connectivity index (χ0) is 63.6. The predicted molar refractivity (Wildman–Crippen MR) is 401 cm³/mol. The molecule has 0 radical (unpaired) electrons. The first-order chi connectivity index (χ1) is 47.7. The number of anilines is 5. The maximum atomic E-state index is 2.70. The van der Waals surface area contributed by atoms with Crippen molar-refractivity contribution in [2.75, 3.05) is 9.80 Å². The van der Waals surface area contributed by atoms with Gasteiger partial charge in [0.15, 0.2) is 0 Å². The van der Waals surface area contributed by atoms with Crippen LogP contribution in [0.3, 0.4) is 0 Å². The lowest BCUT2D eigenvalue weighted by molar-refractivity contribution is 0.431. The lowest BCUT2D eigenvalue weighted by atomic mass is 9.48. The van der Waals surface area contributed by atoms with E-state index in [0.29, 0.717) is 0 Å². The molecule has 0 spiro atoms. The highest BCUT2D eigenvalue weighted by molar-refractivity contribution is 6.13. The number of fused-ring (bicyclic) bond motifs is 9. The Morgan fingerprint density at radius 2 is 0.594 bits per heavy atom. The molecule has 0 fully saturated rings. The third-order valence-corrected chi connectivity index (χ3v) is 20.8.